The molecule has 1 aromatic carbocycles. The Kier molecular flexibility index (Phi) is 7.71. The summed E-state index contributed by atoms with van der Waals surface area (Å²) < 4.78 is 13.0. The smallest absolute Gasteiger partial charge is 0.225 e. The molecule has 0 aromatic heterocycles. The first-order valence-corrected chi connectivity index (χ1v) is 7.25. The SMILES string of the molecule is CCCCN(CCO)CCC(=O)Nc1ccc(F)c(N)c1. The summed E-state index contributed by atoms with van der Waals surface area (Å²) in [7, 11) is 0. The molecule has 0 saturated carbocycles. The highest BCUT2D eigenvalue weighted by atomic mass is 19.1. The van der Waals surface area contributed by atoms with Gasteiger partial charge in [-0.05, 0) is 31.2 Å². The van der Waals surface area contributed by atoms with Gasteiger partial charge in [0.15, 0.2) is 0 Å². The normalized spacial score (nSPS) is 10.9. The van der Waals surface area contributed by atoms with Crippen molar-refractivity contribution in [3.63, 3.8) is 0 Å². The van der Waals surface area contributed by atoms with Crippen molar-refractivity contribution >= 4 is 17.3 Å². The summed E-state index contributed by atoms with van der Waals surface area (Å²) in [5.74, 6) is -0.651. The number of aliphatic hydroxyl groups is 1. The number of nitrogens with two attached hydrogens (primary N) is 1. The topological polar surface area (TPSA) is 78.6 Å². The quantitative estimate of drug-likeness (QED) is 0.608. The number of rotatable bonds is 9. The lowest BCUT2D eigenvalue weighted by Crippen LogP contribution is -2.31. The molecule has 0 unspecified atom stereocenters. The van der Waals surface area contributed by atoms with Crippen LogP contribution in [0.4, 0.5) is 15.8 Å². The Labute approximate surface area is 124 Å². The monoisotopic (exact) mass is 297 g/mol. The summed E-state index contributed by atoms with van der Waals surface area (Å²) in [4.78, 5) is 13.9. The molecular weight excluding hydrogens is 273 g/mol. The van der Waals surface area contributed by atoms with Gasteiger partial charge in [0.25, 0.3) is 0 Å². The van der Waals surface area contributed by atoms with E-state index in [0.717, 1.165) is 19.4 Å². The Morgan fingerprint density at radius 2 is 2.14 bits per heavy atom. The molecule has 6 heteroatoms. The molecule has 0 spiro atoms. The third kappa shape index (κ3) is 6.55. The number of nitrogen functional groups attached to an aromatic ring is 1. The number of halogens is 1. The number of carbonyl (C=O) groups is 1. The fourth-order valence-corrected chi connectivity index (χ4v) is 1.96. The van der Waals surface area contributed by atoms with Crippen LogP contribution in [0.5, 0.6) is 0 Å². The van der Waals surface area contributed by atoms with Gasteiger partial charge in [-0.15, -0.1) is 0 Å². The average Bonchev–Trinajstić information content (AvgIpc) is 2.46. The number of hydrogen-bond acceptors (Lipinski definition) is 4. The highest BCUT2D eigenvalue weighted by Gasteiger charge is 2.09. The number of hydrogen-bond donors (Lipinski definition) is 3. The van der Waals surface area contributed by atoms with E-state index in [2.05, 4.69) is 17.1 Å². The van der Waals surface area contributed by atoms with Crippen LogP contribution in [0.1, 0.15) is 26.2 Å². The van der Waals surface area contributed by atoms with Gasteiger partial charge in [0.1, 0.15) is 5.82 Å². The zero-order valence-corrected chi connectivity index (χ0v) is 12.4. The molecule has 1 amide bonds. The van der Waals surface area contributed by atoms with Crippen LogP contribution >= 0.6 is 0 Å². The van der Waals surface area contributed by atoms with E-state index in [1.807, 2.05) is 0 Å². The first-order valence-electron chi connectivity index (χ1n) is 7.25. The number of nitrogens with zero attached hydrogens (tertiary/aromatic N) is 1. The second kappa shape index (κ2) is 9.31. The van der Waals surface area contributed by atoms with E-state index in [4.69, 9.17) is 10.8 Å². The van der Waals surface area contributed by atoms with Crippen LogP contribution in [0.25, 0.3) is 0 Å². The van der Waals surface area contributed by atoms with Crippen LogP contribution in [0, 0.1) is 5.82 Å². The summed E-state index contributed by atoms with van der Waals surface area (Å²) in [5, 5.41) is 11.7. The number of carbonyl (C=O) groups excluding carboxylic acids is 1. The van der Waals surface area contributed by atoms with E-state index in [0.29, 0.717) is 25.2 Å². The van der Waals surface area contributed by atoms with Gasteiger partial charge in [0.05, 0.1) is 12.3 Å². The van der Waals surface area contributed by atoms with E-state index < -0.39 is 5.82 Å². The van der Waals surface area contributed by atoms with Crippen molar-refractivity contribution in [3.05, 3.63) is 24.0 Å². The summed E-state index contributed by atoms with van der Waals surface area (Å²) in [6.07, 6.45) is 2.43. The average molecular weight is 297 g/mol. The number of unbranched alkanes of at least 4 members (excludes halogenated alkanes) is 1. The van der Waals surface area contributed by atoms with Crippen LogP contribution in [0.15, 0.2) is 18.2 Å². The van der Waals surface area contributed by atoms with Crippen LogP contribution < -0.4 is 11.1 Å². The minimum atomic E-state index is -0.498. The lowest BCUT2D eigenvalue weighted by molar-refractivity contribution is -0.116. The number of nitrogens with one attached hydrogen (secondary N) is 1. The third-order valence-electron chi connectivity index (χ3n) is 3.18. The van der Waals surface area contributed by atoms with Crippen LogP contribution in [0.2, 0.25) is 0 Å². The van der Waals surface area contributed by atoms with Gasteiger partial charge < -0.3 is 21.1 Å². The maximum Gasteiger partial charge on any atom is 0.225 e. The second-order valence-corrected chi connectivity index (χ2v) is 4.95. The molecule has 0 heterocycles. The fraction of sp³-hybridized carbons (Fsp3) is 0.533. The van der Waals surface area contributed by atoms with Crippen molar-refractivity contribution in [2.45, 2.75) is 26.2 Å². The lowest BCUT2D eigenvalue weighted by atomic mass is 10.2. The van der Waals surface area contributed by atoms with Crippen molar-refractivity contribution in [2.24, 2.45) is 0 Å². The summed E-state index contributed by atoms with van der Waals surface area (Å²) >= 11 is 0. The summed E-state index contributed by atoms with van der Waals surface area (Å²) in [6, 6.07) is 4.10. The molecule has 0 aliphatic carbocycles. The van der Waals surface area contributed by atoms with Crippen molar-refractivity contribution in [3.8, 4) is 0 Å². The lowest BCUT2D eigenvalue weighted by Gasteiger charge is -2.20. The Morgan fingerprint density at radius 3 is 2.76 bits per heavy atom. The molecule has 0 aliphatic heterocycles. The number of amides is 1. The van der Waals surface area contributed by atoms with Crippen molar-refractivity contribution in [2.75, 3.05) is 37.3 Å². The highest BCUT2D eigenvalue weighted by molar-refractivity contribution is 5.91. The predicted molar refractivity (Wildman–Crippen MR) is 82.5 cm³/mol. The van der Waals surface area contributed by atoms with Gasteiger partial charge >= 0.3 is 0 Å². The Bertz CT molecular complexity index is 455. The van der Waals surface area contributed by atoms with E-state index in [1.54, 1.807) is 0 Å². The zero-order chi connectivity index (χ0) is 15.7. The summed E-state index contributed by atoms with van der Waals surface area (Å²) in [6.45, 7) is 4.20. The molecule has 0 saturated heterocycles. The van der Waals surface area contributed by atoms with Crippen LogP contribution in [-0.4, -0.2) is 42.2 Å². The maximum absolute atomic E-state index is 13.0. The molecule has 1 aromatic rings. The van der Waals surface area contributed by atoms with Crippen LogP contribution in [0.3, 0.4) is 0 Å². The number of anilines is 2. The molecule has 118 valence electrons. The van der Waals surface area contributed by atoms with Crippen molar-refractivity contribution in [1.82, 2.24) is 4.90 Å². The van der Waals surface area contributed by atoms with Crippen LogP contribution in [-0.2, 0) is 4.79 Å². The highest BCUT2D eigenvalue weighted by Crippen LogP contribution is 2.16. The molecule has 0 bridgehead atoms. The van der Waals surface area contributed by atoms with E-state index >= 15 is 0 Å². The minimum Gasteiger partial charge on any atom is -0.396 e. The zero-order valence-electron chi connectivity index (χ0n) is 12.4. The number of aliphatic hydroxyl groups excluding tert-OH is 1. The fourth-order valence-electron chi connectivity index (χ4n) is 1.96. The van der Waals surface area contributed by atoms with Gasteiger partial charge in [-0.3, -0.25) is 4.79 Å². The molecule has 0 atom stereocenters. The van der Waals surface area contributed by atoms with E-state index in [-0.39, 0.29) is 18.2 Å². The largest absolute Gasteiger partial charge is 0.396 e. The molecule has 0 aliphatic rings. The second-order valence-electron chi connectivity index (χ2n) is 4.95. The minimum absolute atomic E-state index is 0.0117. The van der Waals surface area contributed by atoms with Gasteiger partial charge in [0.2, 0.25) is 5.91 Å². The Balaban J connectivity index is 2.42. The van der Waals surface area contributed by atoms with Crippen molar-refractivity contribution < 1.29 is 14.3 Å². The Morgan fingerprint density at radius 1 is 1.38 bits per heavy atom. The molecule has 0 fully saturated rings. The maximum atomic E-state index is 13.0. The first-order chi connectivity index (χ1) is 10.1. The van der Waals surface area contributed by atoms with Gasteiger partial charge in [0, 0.05) is 25.2 Å². The summed E-state index contributed by atoms with van der Waals surface area (Å²) in [5.41, 5.74) is 5.95. The van der Waals surface area contributed by atoms with Gasteiger partial charge in [-0.2, -0.15) is 0 Å². The first kappa shape index (κ1) is 17.4. The molecular formula is C15H24FN3O2. The van der Waals surface area contributed by atoms with Gasteiger partial charge in [-0.1, -0.05) is 13.3 Å². The third-order valence-corrected chi connectivity index (χ3v) is 3.18. The molecule has 5 nitrogen and oxygen atoms in total. The molecule has 4 N–H and O–H groups in total. The van der Waals surface area contributed by atoms with Crippen molar-refractivity contribution in [1.29, 1.82) is 0 Å². The number of benzene rings is 1. The van der Waals surface area contributed by atoms with Gasteiger partial charge in [-0.25, -0.2) is 4.39 Å². The van der Waals surface area contributed by atoms with E-state index in [9.17, 15) is 9.18 Å². The van der Waals surface area contributed by atoms with E-state index in [1.165, 1.54) is 18.2 Å². The predicted octanol–water partition coefficient (Wildman–Crippen LogP) is 1.83. The molecule has 1 rings (SSSR count). The molecule has 0 radical (unpaired) electrons. The standard InChI is InChI=1S/C15H24FN3O2/c1-2-3-7-19(9-10-20)8-6-15(21)18-12-4-5-13(16)14(17)11-12/h4-5,11,20H,2-3,6-10,17H2,1H3,(H,18,21). The molecule has 21 heavy (non-hydrogen) atoms. The Hall–Kier alpha value is -1.66.